The number of nitrogens with zero attached hydrogens (tertiary/aromatic N) is 2. The molecule has 4 aromatic rings. The molecule has 0 aliphatic carbocycles. The molecule has 1 aliphatic heterocycles. The van der Waals surface area contributed by atoms with E-state index in [-0.39, 0.29) is 12.7 Å². The van der Waals surface area contributed by atoms with E-state index in [1.54, 1.807) is 6.92 Å². The smallest absolute Gasteiger partial charge is 0.277 e. The zero-order valence-electron chi connectivity index (χ0n) is 16.3. The standard InChI is InChI=1S/C21H16ClN3O4S2/c1-11(19(26)23-9-12-6-7-14-15(8-12)28-10-27-14)30-21-25-24-20(29-21)18-17(22)13-4-2-3-5-16(13)31-18/h2-8,11H,9-10H2,1H3,(H,23,26). The van der Waals surface area contributed by atoms with Gasteiger partial charge in [0.15, 0.2) is 11.5 Å². The fourth-order valence-corrected chi connectivity index (χ4v) is 5.23. The highest BCUT2D eigenvalue weighted by molar-refractivity contribution is 8.00. The van der Waals surface area contributed by atoms with Crippen LogP contribution in [0, 0.1) is 0 Å². The molecule has 158 valence electrons. The first-order valence-corrected chi connectivity index (χ1v) is 11.5. The normalized spacial score (nSPS) is 13.5. The van der Waals surface area contributed by atoms with Crippen molar-refractivity contribution in [2.45, 2.75) is 23.9 Å². The first-order valence-electron chi connectivity index (χ1n) is 9.42. The largest absolute Gasteiger partial charge is 0.454 e. The van der Waals surface area contributed by atoms with Gasteiger partial charge in [-0.1, -0.05) is 47.6 Å². The van der Waals surface area contributed by atoms with Crippen LogP contribution in [0.5, 0.6) is 11.5 Å². The van der Waals surface area contributed by atoms with Gasteiger partial charge in [-0.05, 0) is 30.7 Å². The molecule has 1 amide bonds. The summed E-state index contributed by atoms with van der Waals surface area (Å²) < 4.78 is 17.5. The van der Waals surface area contributed by atoms with Crippen LogP contribution in [0.1, 0.15) is 12.5 Å². The second-order valence-corrected chi connectivity index (χ2v) is 9.50. The molecule has 1 unspecified atom stereocenters. The van der Waals surface area contributed by atoms with Gasteiger partial charge in [-0.15, -0.1) is 21.5 Å². The summed E-state index contributed by atoms with van der Waals surface area (Å²) in [6, 6.07) is 13.4. The molecule has 7 nitrogen and oxygen atoms in total. The Morgan fingerprint density at radius 2 is 2.06 bits per heavy atom. The number of hydrogen-bond acceptors (Lipinski definition) is 8. The van der Waals surface area contributed by atoms with Gasteiger partial charge in [0.05, 0.1) is 10.3 Å². The molecule has 3 heterocycles. The zero-order chi connectivity index (χ0) is 21.4. The monoisotopic (exact) mass is 473 g/mol. The minimum absolute atomic E-state index is 0.137. The number of carbonyl (C=O) groups is 1. The maximum atomic E-state index is 12.5. The van der Waals surface area contributed by atoms with Crippen molar-refractivity contribution in [2.24, 2.45) is 0 Å². The third kappa shape index (κ3) is 4.08. The topological polar surface area (TPSA) is 86.5 Å². The number of aromatic nitrogens is 2. The van der Waals surface area contributed by atoms with Crippen molar-refractivity contribution in [3.05, 3.63) is 53.1 Å². The minimum atomic E-state index is -0.416. The van der Waals surface area contributed by atoms with Crippen molar-refractivity contribution in [1.82, 2.24) is 15.5 Å². The van der Waals surface area contributed by atoms with Gasteiger partial charge in [0.2, 0.25) is 12.7 Å². The number of carbonyl (C=O) groups excluding carboxylic acids is 1. The van der Waals surface area contributed by atoms with Crippen LogP contribution in [0.4, 0.5) is 0 Å². The molecular formula is C21H16ClN3O4S2. The molecule has 31 heavy (non-hydrogen) atoms. The molecule has 0 spiro atoms. The first-order chi connectivity index (χ1) is 15.1. The molecule has 0 saturated carbocycles. The predicted octanol–water partition coefficient (Wildman–Crippen LogP) is 5.13. The molecular weight excluding hydrogens is 458 g/mol. The Balaban J connectivity index is 1.22. The van der Waals surface area contributed by atoms with E-state index in [1.807, 2.05) is 42.5 Å². The van der Waals surface area contributed by atoms with Crippen molar-refractivity contribution in [3.8, 4) is 22.3 Å². The minimum Gasteiger partial charge on any atom is -0.454 e. The number of nitrogens with one attached hydrogen (secondary N) is 1. The molecule has 0 bridgehead atoms. The van der Waals surface area contributed by atoms with Crippen LogP contribution < -0.4 is 14.8 Å². The van der Waals surface area contributed by atoms with E-state index in [0.717, 1.165) is 20.5 Å². The van der Waals surface area contributed by atoms with Crippen LogP contribution in [-0.4, -0.2) is 28.1 Å². The summed E-state index contributed by atoms with van der Waals surface area (Å²) in [5, 5.41) is 12.5. The van der Waals surface area contributed by atoms with E-state index < -0.39 is 5.25 Å². The summed E-state index contributed by atoms with van der Waals surface area (Å²) in [7, 11) is 0. The van der Waals surface area contributed by atoms with Crippen molar-refractivity contribution in [3.63, 3.8) is 0 Å². The number of amides is 1. The van der Waals surface area contributed by atoms with Crippen LogP contribution in [0.15, 0.2) is 52.1 Å². The number of thioether (sulfide) groups is 1. The Morgan fingerprint density at radius 3 is 2.94 bits per heavy atom. The fraction of sp³-hybridized carbons (Fsp3) is 0.190. The highest BCUT2D eigenvalue weighted by atomic mass is 35.5. The number of fused-ring (bicyclic) bond motifs is 2. The van der Waals surface area contributed by atoms with Crippen LogP contribution in [0.2, 0.25) is 5.02 Å². The lowest BCUT2D eigenvalue weighted by Crippen LogP contribution is -2.30. The summed E-state index contributed by atoms with van der Waals surface area (Å²) in [6.07, 6.45) is 0. The van der Waals surface area contributed by atoms with Crippen LogP contribution >= 0.6 is 34.7 Å². The molecule has 5 rings (SSSR count). The average Bonchev–Trinajstić information content (AvgIpc) is 3.51. The molecule has 10 heteroatoms. The van der Waals surface area contributed by atoms with E-state index in [0.29, 0.717) is 34.2 Å². The Kier molecular flexibility index (Phi) is 5.47. The SMILES string of the molecule is CC(Sc1nnc(-c2sc3ccccc3c2Cl)o1)C(=O)NCc1ccc2c(c1)OCO2. The van der Waals surface area contributed by atoms with Crippen molar-refractivity contribution in [1.29, 1.82) is 0 Å². The highest BCUT2D eigenvalue weighted by Gasteiger charge is 2.21. The summed E-state index contributed by atoms with van der Waals surface area (Å²) >= 11 is 9.18. The summed E-state index contributed by atoms with van der Waals surface area (Å²) in [4.78, 5) is 13.2. The van der Waals surface area contributed by atoms with Gasteiger partial charge in [0.1, 0.15) is 4.88 Å². The maximum absolute atomic E-state index is 12.5. The average molecular weight is 474 g/mol. The van der Waals surface area contributed by atoms with Crippen LogP contribution in [0.3, 0.4) is 0 Å². The molecule has 2 aromatic heterocycles. The second kappa shape index (κ2) is 8.41. The highest BCUT2D eigenvalue weighted by Crippen LogP contribution is 2.42. The Bertz CT molecular complexity index is 1270. The van der Waals surface area contributed by atoms with E-state index in [9.17, 15) is 4.79 Å². The summed E-state index contributed by atoms with van der Waals surface area (Å²) in [6.45, 7) is 2.39. The molecule has 0 radical (unpaired) electrons. The maximum Gasteiger partial charge on any atom is 0.277 e. The molecule has 1 atom stereocenters. The number of hydrogen-bond donors (Lipinski definition) is 1. The molecule has 0 fully saturated rings. The van der Waals surface area contributed by atoms with Gasteiger partial charge >= 0.3 is 0 Å². The third-order valence-electron chi connectivity index (χ3n) is 4.69. The second-order valence-electron chi connectivity index (χ2n) is 6.78. The van der Waals surface area contributed by atoms with Gasteiger partial charge in [-0.3, -0.25) is 4.79 Å². The summed E-state index contributed by atoms with van der Waals surface area (Å²) in [5.74, 6) is 1.61. The lowest BCUT2D eigenvalue weighted by molar-refractivity contribution is -0.120. The van der Waals surface area contributed by atoms with Crippen molar-refractivity contribution >= 4 is 50.7 Å². The molecule has 1 aliphatic rings. The lowest BCUT2D eigenvalue weighted by atomic mass is 10.2. The molecule has 0 saturated heterocycles. The number of thiophene rings is 1. The Hall–Kier alpha value is -2.75. The van der Waals surface area contributed by atoms with Gasteiger partial charge < -0.3 is 19.2 Å². The number of halogens is 1. The Labute approximate surface area is 190 Å². The quantitative estimate of drug-likeness (QED) is 0.388. The van der Waals surface area contributed by atoms with E-state index in [2.05, 4.69) is 15.5 Å². The van der Waals surface area contributed by atoms with Crippen LogP contribution in [-0.2, 0) is 11.3 Å². The van der Waals surface area contributed by atoms with Crippen molar-refractivity contribution in [2.75, 3.05) is 6.79 Å². The zero-order valence-corrected chi connectivity index (χ0v) is 18.6. The fourth-order valence-electron chi connectivity index (χ4n) is 3.09. The Morgan fingerprint density at radius 1 is 1.23 bits per heavy atom. The van der Waals surface area contributed by atoms with E-state index in [4.69, 9.17) is 25.5 Å². The van der Waals surface area contributed by atoms with E-state index >= 15 is 0 Å². The number of rotatable bonds is 6. The number of benzene rings is 2. The van der Waals surface area contributed by atoms with Gasteiger partial charge in [-0.2, -0.15) is 0 Å². The van der Waals surface area contributed by atoms with Crippen LogP contribution in [0.25, 0.3) is 20.9 Å². The van der Waals surface area contributed by atoms with Gasteiger partial charge in [0, 0.05) is 16.6 Å². The third-order valence-corrected chi connectivity index (χ3v) is 7.28. The van der Waals surface area contributed by atoms with E-state index in [1.165, 1.54) is 23.1 Å². The summed E-state index contributed by atoms with van der Waals surface area (Å²) in [5.41, 5.74) is 0.925. The van der Waals surface area contributed by atoms with Gasteiger partial charge in [0.25, 0.3) is 11.1 Å². The number of ether oxygens (including phenoxy) is 2. The van der Waals surface area contributed by atoms with Gasteiger partial charge in [-0.25, -0.2) is 0 Å². The molecule has 2 aromatic carbocycles. The molecule has 1 N–H and O–H groups in total. The van der Waals surface area contributed by atoms with Crippen molar-refractivity contribution < 1.29 is 18.7 Å². The lowest BCUT2D eigenvalue weighted by Gasteiger charge is -2.10. The first kappa shape index (κ1) is 20.2. The predicted molar refractivity (Wildman–Crippen MR) is 120 cm³/mol.